The lowest BCUT2D eigenvalue weighted by atomic mass is 10.1. The van der Waals surface area contributed by atoms with Crippen molar-refractivity contribution in [3.63, 3.8) is 0 Å². The summed E-state index contributed by atoms with van der Waals surface area (Å²) in [6.07, 6.45) is 3.21. The van der Waals surface area contributed by atoms with E-state index in [9.17, 15) is 4.79 Å². The summed E-state index contributed by atoms with van der Waals surface area (Å²) >= 11 is 7.73. The molecule has 1 aromatic heterocycles. The molecule has 0 aliphatic rings. The first kappa shape index (κ1) is 21.0. The molecular weight excluding hydrogens is 424 g/mol. The van der Waals surface area contributed by atoms with Crippen molar-refractivity contribution in [2.24, 2.45) is 0 Å². The summed E-state index contributed by atoms with van der Waals surface area (Å²) in [5.74, 6) is -0.161. The van der Waals surface area contributed by atoms with E-state index in [1.807, 2.05) is 42.5 Å². The fourth-order valence-electron chi connectivity index (χ4n) is 3.05. The smallest absolute Gasteiger partial charge is 0.244 e. The van der Waals surface area contributed by atoms with Gasteiger partial charge in [-0.2, -0.15) is 0 Å². The minimum atomic E-state index is -0.161. The molecule has 0 radical (unpaired) electrons. The van der Waals surface area contributed by atoms with Crippen molar-refractivity contribution < 1.29 is 4.79 Å². The van der Waals surface area contributed by atoms with E-state index in [0.29, 0.717) is 11.6 Å². The number of carbonyl (C=O) groups is 1. The van der Waals surface area contributed by atoms with Gasteiger partial charge in [-0.25, -0.2) is 4.98 Å². The van der Waals surface area contributed by atoms with Gasteiger partial charge in [0.05, 0.1) is 5.69 Å². The van der Waals surface area contributed by atoms with Crippen molar-refractivity contribution in [1.29, 1.82) is 0 Å². The maximum atomic E-state index is 12.1. The molecule has 4 aromatic rings. The molecule has 0 unspecified atom stereocenters. The van der Waals surface area contributed by atoms with E-state index in [2.05, 4.69) is 41.9 Å². The molecule has 0 saturated carbocycles. The molecule has 1 amide bonds. The van der Waals surface area contributed by atoms with Crippen LogP contribution in [0.25, 0.3) is 27.9 Å². The lowest BCUT2D eigenvalue weighted by molar-refractivity contribution is -0.116. The Hall–Kier alpha value is -3.21. The van der Waals surface area contributed by atoms with E-state index in [1.165, 1.54) is 11.6 Å². The molecule has 0 spiro atoms. The third-order valence-corrected chi connectivity index (χ3v) is 6.07. The van der Waals surface area contributed by atoms with Crippen molar-refractivity contribution in [3.8, 4) is 21.8 Å². The summed E-state index contributed by atoms with van der Waals surface area (Å²) < 4.78 is 0. The molecule has 0 aliphatic heterocycles. The summed E-state index contributed by atoms with van der Waals surface area (Å²) in [4.78, 5) is 16.9. The molecule has 3 aromatic carbocycles. The molecule has 0 atom stereocenters. The van der Waals surface area contributed by atoms with Crippen LogP contribution >= 0.6 is 22.9 Å². The molecule has 5 heteroatoms. The number of halogens is 1. The maximum absolute atomic E-state index is 12.1. The Balaban J connectivity index is 1.36. The van der Waals surface area contributed by atoms with Crippen LogP contribution in [0.15, 0.2) is 84.3 Å². The molecule has 0 fully saturated rings. The third-order valence-electron chi connectivity index (χ3n) is 4.84. The summed E-state index contributed by atoms with van der Waals surface area (Å²) in [7, 11) is 0. The number of nitrogens with one attached hydrogen (secondary N) is 1. The topological polar surface area (TPSA) is 42.0 Å². The van der Waals surface area contributed by atoms with E-state index in [4.69, 9.17) is 16.6 Å². The zero-order chi connectivity index (χ0) is 21.6. The zero-order valence-electron chi connectivity index (χ0n) is 17.0. The van der Waals surface area contributed by atoms with E-state index < -0.39 is 0 Å². The molecule has 0 saturated heterocycles. The van der Waals surface area contributed by atoms with Gasteiger partial charge < -0.3 is 5.32 Å². The molecule has 0 bridgehead atoms. The molecule has 0 aliphatic carbocycles. The van der Waals surface area contributed by atoms with E-state index in [-0.39, 0.29) is 5.91 Å². The highest BCUT2D eigenvalue weighted by molar-refractivity contribution is 7.13. The molecule has 4 rings (SSSR count). The minimum Gasteiger partial charge on any atom is -0.348 e. The summed E-state index contributed by atoms with van der Waals surface area (Å²) in [5.41, 5.74) is 6.26. The van der Waals surface area contributed by atoms with E-state index in [0.717, 1.165) is 33.0 Å². The Labute approximate surface area is 191 Å². The number of aryl methyl sites for hydroxylation is 1. The predicted molar refractivity (Wildman–Crippen MR) is 130 cm³/mol. The van der Waals surface area contributed by atoms with Crippen LogP contribution in [0.5, 0.6) is 0 Å². The first-order chi connectivity index (χ1) is 15.1. The van der Waals surface area contributed by atoms with Crippen molar-refractivity contribution in [2.45, 2.75) is 13.5 Å². The maximum Gasteiger partial charge on any atom is 0.244 e. The fourth-order valence-corrected chi connectivity index (χ4v) is 4.09. The predicted octanol–water partition coefficient (Wildman–Crippen LogP) is 6.77. The van der Waals surface area contributed by atoms with Crippen molar-refractivity contribution in [1.82, 2.24) is 10.3 Å². The van der Waals surface area contributed by atoms with Crippen molar-refractivity contribution in [2.75, 3.05) is 0 Å². The van der Waals surface area contributed by atoms with Crippen LogP contribution in [0.1, 0.15) is 16.7 Å². The number of hydrogen-bond acceptors (Lipinski definition) is 3. The van der Waals surface area contributed by atoms with Crippen LogP contribution in [0.3, 0.4) is 0 Å². The average molecular weight is 445 g/mol. The standard InChI is InChI=1S/C26H21ClN2OS/c1-18-6-10-21(11-7-18)24-17-31-26(29-24)22-12-8-19(9-13-22)16-28-25(30)15-14-20-4-2-3-5-23(20)27/h2-15,17H,16H2,1H3,(H,28,30)/b15-14+. The molecular formula is C26H21ClN2OS. The molecule has 154 valence electrons. The highest BCUT2D eigenvalue weighted by atomic mass is 35.5. The second kappa shape index (κ2) is 9.73. The number of amides is 1. The normalized spacial score (nSPS) is 11.0. The first-order valence-corrected chi connectivity index (χ1v) is 11.2. The summed E-state index contributed by atoms with van der Waals surface area (Å²) in [6.45, 7) is 2.54. The van der Waals surface area contributed by atoms with Gasteiger partial charge >= 0.3 is 0 Å². The number of hydrogen-bond donors (Lipinski definition) is 1. The number of aromatic nitrogens is 1. The highest BCUT2D eigenvalue weighted by Crippen LogP contribution is 2.29. The molecule has 3 nitrogen and oxygen atoms in total. The Morgan fingerprint density at radius 1 is 1.00 bits per heavy atom. The van der Waals surface area contributed by atoms with Gasteiger partial charge in [-0.3, -0.25) is 4.79 Å². The van der Waals surface area contributed by atoms with Crippen LogP contribution in [0.4, 0.5) is 0 Å². The van der Waals surface area contributed by atoms with Gasteiger partial charge in [0.2, 0.25) is 5.91 Å². The molecule has 1 heterocycles. The number of rotatable bonds is 6. The van der Waals surface area contributed by atoms with Crippen LogP contribution in [0.2, 0.25) is 5.02 Å². The number of carbonyl (C=O) groups excluding carboxylic acids is 1. The van der Waals surface area contributed by atoms with Crippen LogP contribution in [0, 0.1) is 6.92 Å². The summed E-state index contributed by atoms with van der Waals surface area (Å²) in [5, 5.41) is 6.58. The highest BCUT2D eigenvalue weighted by Gasteiger charge is 2.07. The average Bonchev–Trinajstić information content (AvgIpc) is 3.28. The van der Waals surface area contributed by atoms with Gasteiger partial charge in [-0.05, 0) is 30.2 Å². The molecule has 31 heavy (non-hydrogen) atoms. The van der Waals surface area contributed by atoms with E-state index in [1.54, 1.807) is 23.5 Å². The van der Waals surface area contributed by atoms with Crippen molar-refractivity contribution in [3.05, 3.63) is 106 Å². The van der Waals surface area contributed by atoms with Gasteiger partial charge in [0.1, 0.15) is 5.01 Å². The summed E-state index contributed by atoms with van der Waals surface area (Å²) in [6, 6.07) is 23.9. The second-order valence-electron chi connectivity index (χ2n) is 7.17. The quantitative estimate of drug-likeness (QED) is 0.333. The first-order valence-electron chi connectivity index (χ1n) is 9.91. The monoisotopic (exact) mass is 444 g/mol. The Bertz CT molecular complexity index is 1210. The number of thiazole rings is 1. The lowest BCUT2D eigenvalue weighted by Gasteiger charge is -2.04. The Morgan fingerprint density at radius 2 is 1.71 bits per heavy atom. The van der Waals surface area contributed by atoms with Gasteiger partial charge in [0.15, 0.2) is 0 Å². The fraction of sp³-hybridized carbons (Fsp3) is 0.0769. The van der Waals surface area contributed by atoms with E-state index >= 15 is 0 Å². The molecule has 1 N–H and O–H groups in total. The van der Waals surface area contributed by atoms with Crippen molar-refractivity contribution >= 4 is 34.9 Å². The lowest BCUT2D eigenvalue weighted by Crippen LogP contribution is -2.20. The zero-order valence-corrected chi connectivity index (χ0v) is 18.6. The van der Waals surface area contributed by atoms with Crippen LogP contribution in [-0.2, 0) is 11.3 Å². The van der Waals surface area contributed by atoms with Crippen LogP contribution < -0.4 is 5.32 Å². The Kier molecular flexibility index (Phi) is 6.60. The van der Waals surface area contributed by atoms with Gasteiger partial charge in [-0.1, -0.05) is 83.9 Å². The van der Waals surface area contributed by atoms with Gasteiger partial charge in [-0.15, -0.1) is 11.3 Å². The minimum absolute atomic E-state index is 0.161. The van der Waals surface area contributed by atoms with Gasteiger partial charge in [0, 0.05) is 34.2 Å². The third kappa shape index (κ3) is 5.48. The Morgan fingerprint density at radius 3 is 2.45 bits per heavy atom. The second-order valence-corrected chi connectivity index (χ2v) is 8.44. The largest absolute Gasteiger partial charge is 0.348 e. The van der Waals surface area contributed by atoms with Gasteiger partial charge in [0.25, 0.3) is 0 Å². The SMILES string of the molecule is Cc1ccc(-c2csc(-c3ccc(CNC(=O)/C=C/c4ccccc4Cl)cc3)n2)cc1. The number of nitrogens with zero attached hydrogens (tertiary/aromatic N) is 1. The van der Waals surface area contributed by atoms with Crippen LogP contribution in [-0.4, -0.2) is 10.9 Å². The number of benzene rings is 3.